The first-order chi connectivity index (χ1) is 7.38. The van der Waals surface area contributed by atoms with Gasteiger partial charge in [-0.05, 0) is 19.8 Å². The Kier molecular flexibility index (Phi) is 4.11. The average molecular weight is 226 g/mol. The molecule has 0 radical (unpaired) electrons. The molecule has 15 heavy (non-hydrogen) atoms. The van der Waals surface area contributed by atoms with Gasteiger partial charge in [0.25, 0.3) is 0 Å². The van der Waals surface area contributed by atoms with E-state index in [0.717, 1.165) is 19.6 Å². The van der Waals surface area contributed by atoms with E-state index >= 15 is 0 Å². The van der Waals surface area contributed by atoms with Gasteiger partial charge in [0, 0.05) is 37.2 Å². The minimum absolute atomic E-state index is 0.507. The molecule has 2 rings (SSSR count). The quantitative estimate of drug-likeness (QED) is 0.803. The molecular weight excluding hydrogens is 208 g/mol. The maximum absolute atomic E-state index is 5.51. The van der Waals surface area contributed by atoms with Crippen molar-refractivity contribution in [3.8, 4) is 0 Å². The molecule has 1 fully saturated rings. The SMILES string of the molecule is CCOC1CC(NCCc2nccs2)C1. The van der Waals surface area contributed by atoms with Gasteiger partial charge in [0.15, 0.2) is 0 Å². The van der Waals surface area contributed by atoms with Crippen LogP contribution in [0.4, 0.5) is 0 Å². The zero-order valence-electron chi connectivity index (χ0n) is 9.11. The maximum atomic E-state index is 5.51. The molecule has 1 aromatic rings. The van der Waals surface area contributed by atoms with Gasteiger partial charge in [-0.2, -0.15) is 0 Å². The third-order valence-electron chi connectivity index (χ3n) is 2.75. The molecule has 84 valence electrons. The van der Waals surface area contributed by atoms with Crippen LogP contribution < -0.4 is 5.32 Å². The summed E-state index contributed by atoms with van der Waals surface area (Å²) in [5, 5.41) is 6.79. The van der Waals surface area contributed by atoms with E-state index in [-0.39, 0.29) is 0 Å². The first-order valence-corrected chi connectivity index (χ1v) is 6.49. The van der Waals surface area contributed by atoms with E-state index in [9.17, 15) is 0 Å². The lowest BCUT2D eigenvalue weighted by Crippen LogP contribution is -2.46. The largest absolute Gasteiger partial charge is 0.378 e. The van der Waals surface area contributed by atoms with Crippen molar-refractivity contribution >= 4 is 11.3 Å². The fraction of sp³-hybridized carbons (Fsp3) is 0.727. The van der Waals surface area contributed by atoms with Gasteiger partial charge >= 0.3 is 0 Å². The molecule has 0 saturated heterocycles. The minimum Gasteiger partial charge on any atom is -0.378 e. The fourth-order valence-corrected chi connectivity index (χ4v) is 2.48. The predicted molar refractivity (Wildman–Crippen MR) is 62.3 cm³/mol. The lowest BCUT2D eigenvalue weighted by molar-refractivity contribution is -0.00960. The molecule has 0 aromatic carbocycles. The van der Waals surface area contributed by atoms with Crippen molar-refractivity contribution in [3.63, 3.8) is 0 Å². The first-order valence-electron chi connectivity index (χ1n) is 5.62. The van der Waals surface area contributed by atoms with E-state index in [4.69, 9.17) is 4.74 Å². The van der Waals surface area contributed by atoms with E-state index in [0.29, 0.717) is 12.1 Å². The zero-order chi connectivity index (χ0) is 10.5. The number of nitrogens with zero attached hydrogens (tertiary/aromatic N) is 1. The van der Waals surface area contributed by atoms with E-state index in [2.05, 4.69) is 17.2 Å². The topological polar surface area (TPSA) is 34.1 Å². The molecule has 4 heteroatoms. The summed E-state index contributed by atoms with van der Waals surface area (Å²) in [5.41, 5.74) is 0. The Balaban J connectivity index is 1.53. The van der Waals surface area contributed by atoms with Gasteiger partial charge in [0.2, 0.25) is 0 Å². The number of thiazole rings is 1. The third-order valence-corrected chi connectivity index (χ3v) is 3.59. The Morgan fingerprint density at radius 3 is 3.13 bits per heavy atom. The van der Waals surface area contributed by atoms with Crippen molar-refractivity contribution in [1.82, 2.24) is 10.3 Å². The van der Waals surface area contributed by atoms with Gasteiger partial charge < -0.3 is 10.1 Å². The van der Waals surface area contributed by atoms with Gasteiger partial charge in [0.05, 0.1) is 11.1 Å². The van der Waals surface area contributed by atoms with Crippen LogP contribution >= 0.6 is 11.3 Å². The standard InChI is InChI=1S/C11H18N2OS/c1-2-14-10-7-9(8-10)12-4-3-11-13-5-6-15-11/h5-6,9-10,12H,2-4,7-8H2,1H3. The van der Waals surface area contributed by atoms with Crippen LogP contribution in [-0.4, -0.2) is 30.3 Å². The number of hydrogen-bond donors (Lipinski definition) is 1. The molecule has 1 heterocycles. The van der Waals surface area contributed by atoms with Crippen molar-refractivity contribution in [3.05, 3.63) is 16.6 Å². The lowest BCUT2D eigenvalue weighted by atomic mass is 9.89. The Bertz CT molecular complexity index is 270. The summed E-state index contributed by atoms with van der Waals surface area (Å²) in [6.07, 6.45) is 5.77. The molecule has 0 amide bonds. The van der Waals surface area contributed by atoms with Gasteiger partial charge in [-0.1, -0.05) is 0 Å². The molecule has 3 nitrogen and oxygen atoms in total. The fourth-order valence-electron chi connectivity index (χ4n) is 1.86. The number of nitrogens with one attached hydrogen (secondary N) is 1. The summed E-state index contributed by atoms with van der Waals surface area (Å²) in [6, 6.07) is 0.668. The average Bonchev–Trinajstić information content (AvgIpc) is 2.66. The molecule has 0 unspecified atom stereocenters. The number of aromatic nitrogens is 1. The summed E-state index contributed by atoms with van der Waals surface area (Å²) in [6.45, 7) is 3.94. The van der Waals surface area contributed by atoms with Crippen LogP contribution in [0.25, 0.3) is 0 Å². The van der Waals surface area contributed by atoms with Gasteiger partial charge in [0.1, 0.15) is 0 Å². The molecule has 0 aliphatic heterocycles. The van der Waals surface area contributed by atoms with Crippen LogP contribution in [-0.2, 0) is 11.2 Å². The molecule has 0 bridgehead atoms. The highest BCUT2D eigenvalue weighted by Crippen LogP contribution is 2.23. The predicted octanol–water partition coefficient (Wildman–Crippen LogP) is 1.84. The van der Waals surface area contributed by atoms with E-state index in [1.165, 1.54) is 17.8 Å². The molecule has 1 aliphatic carbocycles. The number of ether oxygens (including phenoxy) is 1. The maximum Gasteiger partial charge on any atom is 0.0937 e. The number of hydrogen-bond acceptors (Lipinski definition) is 4. The Morgan fingerprint density at radius 2 is 2.47 bits per heavy atom. The van der Waals surface area contributed by atoms with Gasteiger partial charge in [-0.25, -0.2) is 4.98 Å². The van der Waals surface area contributed by atoms with Crippen LogP contribution in [0.2, 0.25) is 0 Å². The highest BCUT2D eigenvalue weighted by Gasteiger charge is 2.28. The summed E-state index contributed by atoms with van der Waals surface area (Å²) < 4.78 is 5.51. The molecule has 0 atom stereocenters. The third kappa shape index (κ3) is 3.26. The van der Waals surface area contributed by atoms with Crippen molar-refractivity contribution < 1.29 is 4.74 Å². The Labute approximate surface area is 94.9 Å². The van der Waals surface area contributed by atoms with E-state index in [1.807, 2.05) is 11.6 Å². The second-order valence-corrected chi connectivity index (χ2v) is 4.85. The molecule has 1 N–H and O–H groups in total. The smallest absolute Gasteiger partial charge is 0.0937 e. The van der Waals surface area contributed by atoms with Gasteiger partial charge in [-0.15, -0.1) is 11.3 Å². The molecule has 1 aromatic heterocycles. The number of rotatable bonds is 6. The first kappa shape index (κ1) is 11.0. The lowest BCUT2D eigenvalue weighted by Gasteiger charge is -2.35. The second kappa shape index (κ2) is 5.58. The van der Waals surface area contributed by atoms with Crippen molar-refractivity contribution in [2.24, 2.45) is 0 Å². The van der Waals surface area contributed by atoms with Gasteiger partial charge in [-0.3, -0.25) is 0 Å². The van der Waals surface area contributed by atoms with E-state index < -0.39 is 0 Å². The molecule has 1 saturated carbocycles. The van der Waals surface area contributed by atoms with Crippen LogP contribution in [0.15, 0.2) is 11.6 Å². The highest BCUT2D eigenvalue weighted by atomic mass is 32.1. The Morgan fingerprint density at radius 1 is 1.60 bits per heavy atom. The summed E-state index contributed by atoms with van der Waals surface area (Å²) >= 11 is 1.73. The molecular formula is C11H18N2OS. The van der Waals surface area contributed by atoms with Crippen molar-refractivity contribution in [2.45, 2.75) is 38.3 Å². The van der Waals surface area contributed by atoms with Crippen molar-refractivity contribution in [2.75, 3.05) is 13.2 Å². The Hall–Kier alpha value is -0.450. The minimum atomic E-state index is 0.507. The normalized spacial score (nSPS) is 25.1. The van der Waals surface area contributed by atoms with Crippen molar-refractivity contribution in [1.29, 1.82) is 0 Å². The van der Waals surface area contributed by atoms with E-state index in [1.54, 1.807) is 11.3 Å². The zero-order valence-corrected chi connectivity index (χ0v) is 9.93. The van der Waals surface area contributed by atoms with Crippen LogP contribution in [0.3, 0.4) is 0 Å². The summed E-state index contributed by atoms with van der Waals surface area (Å²) in [7, 11) is 0. The highest BCUT2D eigenvalue weighted by molar-refractivity contribution is 7.09. The summed E-state index contributed by atoms with van der Waals surface area (Å²) in [5.74, 6) is 0. The monoisotopic (exact) mass is 226 g/mol. The second-order valence-electron chi connectivity index (χ2n) is 3.88. The van der Waals surface area contributed by atoms with Crippen LogP contribution in [0.5, 0.6) is 0 Å². The molecule has 0 spiro atoms. The molecule has 1 aliphatic rings. The van der Waals surface area contributed by atoms with Crippen LogP contribution in [0, 0.1) is 0 Å². The van der Waals surface area contributed by atoms with Crippen LogP contribution in [0.1, 0.15) is 24.8 Å². The summed E-state index contributed by atoms with van der Waals surface area (Å²) in [4.78, 5) is 4.26.